The van der Waals surface area contributed by atoms with Crippen LogP contribution in [0.2, 0.25) is 0 Å². The molecule has 0 spiro atoms. The smallest absolute Gasteiger partial charge is 0.251 e. The number of carbonyl (C=O) groups excluding carboxylic acids is 1. The third-order valence-corrected chi connectivity index (χ3v) is 4.14. The van der Waals surface area contributed by atoms with Gasteiger partial charge in [-0.15, -0.1) is 0 Å². The number of H-pyrrole nitrogens is 1. The third kappa shape index (κ3) is 5.24. The standard InChI is InChI=1S/C21H21FN4O2/c1-4-24-21(28)14(3)13(2)8-9-18-25-17(11-19(27)26-18)10-15-6-5-7-16(12-23)20(15)22/h5-9,11H,4,10H2,1-3H3,(H,24,28)(H,25,26,27)/b9-8-,14-13+. The second-order valence-electron chi connectivity index (χ2n) is 6.19. The number of nitrogens with zero attached hydrogens (tertiary/aromatic N) is 2. The molecule has 144 valence electrons. The summed E-state index contributed by atoms with van der Waals surface area (Å²) in [6.45, 7) is 5.87. The number of benzene rings is 1. The van der Waals surface area contributed by atoms with E-state index >= 15 is 0 Å². The Bertz CT molecular complexity index is 1050. The predicted molar refractivity (Wildman–Crippen MR) is 105 cm³/mol. The summed E-state index contributed by atoms with van der Waals surface area (Å²) in [5.74, 6) is -0.476. The highest BCUT2D eigenvalue weighted by molar-refractivity contribution is 5.94. The number of allylic oxidation sites excluding steroid dienone is 2. The molecular formula is C21H21FN4O2. The summed E-state index contributed by atoms with van der Waals surface area (Å²) in [5, 5.41) is 11.7. The summed E-state index contributed by atoms with van der Waals surface area (Å²) in [7, 11) is 0. The van der Waals surface area contributed by atoms with Crippen LogP contribution in [0.1, 0.15) is 43.4 Å². The monoisotopic (exact) mass is 380 g/mol. The number of nitrogens with one attached hydrogen (secondary N) is 2. The van der Waals surface area contributed by atoms with Crippen molar-refractivity contribution >= 4 is 12.0 Å². The van der Waals surface area contributed by atoms with E-state index in [2.05, 4.69) is 15.3 Å². The first-order valence-corrected chi connectivity index (χ1v) is 8.77. The highest BCUT2D eigenvalue weighted by Crippen LogP contribution is 2.15. The molecule has 0 saturated heterocycles. The first kappa shape index (κ1) is 20.8. The molecule has 1 amide bonds. The molecule has 0 fully saturated rings. The third-order valence-electron chi connectivity index (χ3n) is 4.14. The highest BCUT2D eigenvalue weighted by Gasteiger charge is 2.10. The molecule has 0 bridgehead atoms. The highest BCUT2D eigenvalue weighted by atomic mass is 19.1. The fourth-order valence-electron chi connectivity index (χ4n) is 2.50. The van der Waals surface area contributed by atoms with Gasteiger partial charge in [-0.2, -0.15) is 5.26 Å². The van der Waals surface area contributed by atoms with E-state index in [1.54, 1.807) is 44.2 Å². The zero-order chi connectivity index (χ0) is 20.7. The number of rotatable bonds is 6. The Balaban J connectivity index is 2.29. The molecule has 1 heterocycles. The molecule has 0 unspecified atom stereocenters. The van der Waals surface area contributed by atoms with Gasteiger partial charge in [0.05, 0.1) is 11.3 Å². The van der Waals surface area contributed by atoms with Crippen molar-refractivity contribution < 1.29 is 9.18 Å². The van der Waals surface area contributed by atoms with Gasteiger partial charge in [-0.25, -0.2) is 9.37 Å². The Labute approximate surface area is 162 Å². The Kier molecular flexibility index (Phi) is 6.99. The minimum atomic E-state index is -0.611. The molecule has 28 heavy (non-hydrogen) atoms. The SMILES string of the molecule is CCNC(=O)/C(C)=C(C)/C=C\c1nc(Cc2cccc(C#N)c2F)cc(=O)[nH]1. The number of hydrogen-bond acceptors (Lipinski definition) is 4. The molecule has 1 aromatic heterocycles. The number of aromatic amines is 1. The van der Waals surface area contributed by atoms with Crippen molar-refractivity contribution in [1.29, 1.82) is 5.26 Å². The van der Waals surface area contributed by atoms with Gasteiger partial charge in [0.15, 0.2) is 0 Å². The molecule has 2 aromatic rings. The lowest BCUT2D eigenvalue weighted by Gasteiger charge is -2.06. The number of hydrogen-bond donors (Lipinski definition) is 2. The Morgan fingerprint density at radius 2 is 2.14 bits per heavy atom. The van der Waals surface area contributed by atoms with Crippen LogP contribution < -0.4 is 10.9 Å². The number of likely N-dealkylation sites (N-methyl/N-ethyl adjacent to an activating group) is 1. The molecular weight excluding hydrogens is 359 g/mol. The summed E-state index contributed by atoms with van der Waals surface area (Å²) in [4.78, 5) is 30.7. The van der Waals surface area contributed by atoms with Crippen LogP contribution in [0.25, 0.3) is 6.08 Å². The van der Waals surface area contributed by atoms with E-state index in [-0.39, 0.29) is 29.0 Å². The van der Waals surface area contributed by atoms with Gasteiger partial charge in [0.25, 0.3) is 5.56 Å². The van der Waals surface area contributed by atoms with Crippen molar-refractivity contribution in [3.63, 3.8) is 0 Å². The lowest BCUT2D eigenvalue weighted by Crippen LogP contribution is -2.23. The van der Waals surface area contributed by atoms with E-state index in [0.29, 0.717) is 23.6 Å². The molecule has 0 aliphatic carbocycles. The topological polar surface area (TPSA) is 98.6 Å². The van der Waals surface area contributed by atoms with E-state index in [9.17, 15) is 14.0 Å². The van der Waals surface area contributed by atoms with E-state index in [1.807, 2.05) is 6.92 Å². The van der Waals surface area contributed by atoms with Crippen LogP contribution in [0.4, 0.5) is 4.39 Å². The summed E-state index contributed by atoms with van der Waals surface area (Å²) in [5.41, 5.74) is 1.53. The van der Waals surface area contributed by atoms with Crippen LogP contribution in [-0.2, 0) is 11.2 Å². The largest absolute Gasteiger partial charge is 0.353 e. The first-order valence-electron chi connectivity index (χ1n) is 8.77. The molecule has 0 radical (unpaired) electrons. The van der Waals surface area contributed by atoms with Crippen LogP contribution in [0, 0.1) is 17.1 Å². The maximum absolute atomic E-state index is 14.2. The van der Waals surface area contributed by atoms with Gasteiger partial charge in [-0.05, 0) is 44.1 Å². The minimum absolute atomic E-state index is 0.0518. The number of nitriles is 1. The quantitative estimate of drug-likeness (QED) is 0.595. The number of carbonyl (C=O) groups is 1. The van der Waals surface area contributed by atoms with Gasteiger partial charge >= 0.3 is 0 Å². The molecule has 7 heteroatoms. The van der Waals surface area contributed by atoms with Crippen molar-refractivity contribution in [2.75, 3.05) is 6.54 Å². The van der Waals surface area contributed by atoms with Crippen molar-refractivity contribution in [3.8, 4) is 6.07 Å². The van der Waals surface area contributed by atoms with Gasteiger partial charge in [0.1, 0.15) is 17.7 Å². The lowest BCUT2D eigenvalue weighted by molar-refractivity contribution is -0.117. The first-order chi connectivity index (χ1) is 13.3. The van der Waals surface area contributed by atoms with Crippen molar-refractivity contribution in [3.05, 3.63) is 80.3 Å². The summed E-state index contributed by atoms with van der Waals surface area (Å²) >= 11 is 0. The molecule has 2 N–H and O–H groups in total. The second kappa shape index (κ2) is 9.42. The molecule has 0 atom stereocenters. The van der Waals surface area contributed by atoms with E-state index in [0.717, 1.165) is 5.57 Å². The Hall–Kier alpha value is -3.53. The second-order valence-corrected chi connectivity index (χ2v) is 6.19. The van der Waals surface area contributed by atoms with Gasteiger partial charge < -0.3 is 10.3 Å². The Morgan fingerprint density at radius 3 is 2.82 bits per heavy atom. The zero-order valence-electron chi connectivity index (χ0n) is 16.0. The molecule has 0 saturated carbocycles. The van der Waals surface area contributed by atoms with Crippen LogP contribution in [-0.4, -0.2) is 22.4 Å². The van der Waals surface area contributed by atoms with E-state index in [4.69, 9.17) is 5.26 Å². The normalized spacial score (nSPS) is 11.8. The van der Waals surface area contributed by atoms with Gasteiger partial charge in [-0.1, -0.05) is 18.2 Å². The lowest BCUT2D eigenvalue weighted by atomic mass is 10.1. The van der Waals surface area contributed by atoms with Crippen LogP contribution in [0.15, 0.2) is 46.3 Å². The average molecular weight is 380 g/mol. The van der Waals surface area contributed by atoms with Crippen LogP contribution >= 0.6 is 0 Å². The molecule has 1 aromatic carbocycles. The number of amides is 1. The summed E-state index contributed by atoms with van der Waals surface area (Å²) in [6, 6.07) is 7.62. The van der Waals surface area contributed by atoms with Crippen molar-refractivity contribution in [2.45, 2.75) is 27.2 Å². The average Bonchev–Trinajstić information content (AvgIpc) is 2.67. The van der Waals surface area contributed by atoms with E-state index < -0.39 is 5.82 Å². The fraction of sp³-hybridized carbons (Fsp3) is 0.238. The minimum Gasteiger partial charge on any atom is -0.353 e. The van der Waals surface area contributed by atoms with Gasteiger partial charge in [0, 0.05) is 24.6 Å². The van der Waals surface area contributed by atoms with Crippen LogP contribution in [0.3, 0.4) is 0 Å². The Morgan fingerprint density at radius 1 is 1.39 bits per heavy atom. The van der Waals surface area contributed by atoms with E-state index in [1.165, 1.54) is 12.1 Å². The molecule has 2 rings (SSSR count). The van der Waals surface area contributed by atoms with Crippen molar-refractivity contribution in [2.24, 2.45) is 0 Å². The predicted octanol–water partition coefficient (Wildman–Crippen LogP) is 2.86. The maximum Gasteiger partial charge on any atom is 0.251 e. The summed E-state index contributed by atoms with van der Waals surface area (Å²) < 4.78 is 14.2. The molecule has 0 aliphatic heterocycles. The fourth-order valence-corrected chi connectivity index (χ4v) is 2.50. The number of aromatic nitrogens is 2. The van der Waals surface area contributed by atoms with Crippen LogP contribution in [0.5, 0.6) is 0 Å². The maximum atomic E-state index is 14.2. The molecule has 6 nitrogen and oxygen atoms in total. The summed E-state index contributed by atoms with van der Waals surface area (Å²) in [6.07, 6.45) is 3.35. The van der Waals surface area contributed by atoms with Crippen molar-refractivity contribution in [1.82, 2.24) is 15.3 Å². The zero-order valence-corrected chi connectivity index (χ0v) is 16.0. The van der Waals surface area contributed by atoms with Gasteiger partial charge in [0.2, 0.25) is 5.91 Å². The number of halogens is 1. The molecule has 0 aliphatic rings. The van der Waals surface area contributed by atoms with Gasteiger partial charge in [-0.3, -0.25) is 9.59 Å².